The molecule has 0 bridgehead atoms. The van der Waals surface area contributed by atoms with E-state index in [1.165, 1.54) is 6.42 Å². The van der Waals surface area contributed by atoms with Gasteiger partial charge in [-0.25, -0.2) is 13.1 Å². The lowest BCUT2D eigenvalue weighted by Gasteiger charge is -2.36. The highest BCUT2D eigenvalue weighted by Crippen LogP contribution is 2.38. The van der Waals surface area contributed by atoms with Gasteiger partial charge in [0, 0.05) is 21.6 Å². The second kappa shape index (κ2) is 8.86. The molecule has 0 amide bonds. The summed E-state index contributed by atoms with van der Waals surface area (Å²) < 4.78 is 42.2. The van der Waals surface area contributed by atoms with E-state index >= 15 is 0 Å². The molecule has 160 valence electrons. The Morgan fingerprint density at radius 1 is 1.07 bits per heavy atom. The normalized spacial score (nSPS) is 23.0. The third kappa shape index (κ3) is 5.28. The summed E-state index contributed by atoms with van der Waals surface area (Å²) in [5.74, 6) is 0.0791. The highest BCUT2D eigenvalue weighted by Gasteiger charge is 2.39. The number of hydrogen-bond donors (Lipinski definition) is 1. The van der Waals surface area contributed by atoms with Gasteiger partial charge in [0.05, 0.1) is 15.7 Å². The van der Waals surface area contributed by atoms with Crippen molar-refractivity contribution >= 4 is 20.8 Å². The summed E-state index contributed by atoms with van der Waals surface area (Å²) in [6, 6.07) is 6.67. The molecule has 1 aromatic rings. The number of hydrogen-bond acceptors (Lipinski definition) is 3. The number of sulfonamides is 1. The van der Waals surface area contributed by atoms with E-state index < -0.39 is 20.8 Å². The molecule has 2 aliphatic carbocycles. The number of aryl methyl sites for hydroxylation is 1. The van der Waals surface area contributed by atoms with Gasteiger partial charge >= 0.3 is 0 Å². The fraction of sp³-hybridized carbons (Fsp3) is 0.565. The second-order valence-electron chi connectivity index (χ2n) is 9.22. The molecule has 1 aromatic carbocycles. The SMILES string of the molecule is Cc1ccc(S(=O)(=O)N[C@@H](C2CCCCC2)C2C=CC=C2S(=O)C(C)(C)C)cc1. The molecule has 3 rings (SSSR count). The minimum absolute atomic E-state index is 0.168. The summed E-state index contributed by atoms with van der Waals surface area (Å²) in [4.78, 5) is 1.12. The first-order valence-corrected chi connectivity index (χ1v) is 13.1. The largest absolute Gasteiger partial charge is 0.254 e. The molecule has 1 fully saturated rings. The van der Waals surface area contributed by atoms with Crippen LogP contribution in [0.1, 0.15) is 58.4 Å². The highest BCUT2D eigenvalue weighted by molar-refractivity contribution is 7.90. The molecule has 29 heavy (non-hydrogen) atoms. The van der Waals surface area contributed by atoms with Crippen LogP contribution in [0.25, 0.3) is 0 Å². The molecule has 2 aliphatic rings. The Hall–Kier alpha value is -1.24. The molecule has 0 aromatic heterocycles. The molecule has 1 N–H and O–H groups in total. The lowest BCUT2D eigenvalue weighted by atomic mass is 9.79. The molecule has 0 saturated heterocycles. The Balaban J connectivity index is 1.93. The van der Waals surface area contributed by atoms with Crippen LogP contribution in [0.4, 0.5) is 0 Å². The van der Waals surface area contributed by atoms with Gasteiger partial charge in [0.1, 0.15) is 0 Å². The third-order valence-electron chi connectivity index (χ3n) is 5.84. The van der Waals surface area contributed by atoms with E-state index in [0.29, 0.717) is 0 Å². The zero-order chi connectivity index (χ0) is 21.2. The van der Waals surface area contributed by atoms with Gasteiger partial charge in [0.2, 0.25) is 10.0 Å². The quantitative estimate of drug-likeness (QED) is 0.695. The van der Waals surface area contributed by atoms with Crippen molar-refractivity contribution < 1.29 is 12.6 Å². The first-order valence-electron chi connectivity index (χ1n) is 10.5. The number of nitrogens with one attached hydrogen (secondary N) is 1. The molecular weight excluding hydrogens is 402 g/mol. The topological polar surface area (TPSA) is 63.2 Å². The molecule has 4 nitrogen and oxygen atoms in total. The zero-order valence-corrected chi connectivity index (χ0v) is 19.5. The Morgan fingerprint density at radius 2 is 1.69 bits per heavy atom. The fourth-order valence-corrected chi connectivity index (χ4v) is 6.94. The highest BCUT2D eigenvalue weighted by atomic mass is 32.2. The van der Waals surface area contributed by atoms with Crippen molar-refractivity contribution in [1.29, 1.82) is 0 Å². The van der Waals surface area contributed by atoms with Crippen LogP contribution in [0, 0.1) is 18.8 Å². The van der Waals surface area contributed by atoms with E-state index in [2.05, 4.69) is 4.72 Å². The number of benzene rings is 1. The summed E-state index contributed by atoms with van der Waals surface area (Å²) in [6.07, 6.45) is 11.3. The summed E-state index contributed by atoms with van der Waals surface area (Å²) >= 11 is 0. The Bertz CT molecular complexity index is 902. The van der Waals surface area contributed by atoms with Gasteiger partial charge in [-0.1, -0.05) is 49.1 Å². The van der Waals surface area contributed by atoms with Crippen LogP contribution in [0.15, 0.2) is 52.3 Å². The van der Waals surface area contributed by atoms with Crippen LogP contribution < -0.4 is 4.72 Å². The lowest BCUT2D eigenvalue weighted by molar-refractivity contribution is 0.267. The Labute approximate surface area is 178 Å². The van der Waals surface area contributed by atoms with Crippen LogP contribution in [0.3, 0.4) is 0 Å². The van der Waals surface area contributed by atoms with E-state index in [1.807, 2.05) is 58.1 Å². The Kier molecular flexibility index (Phi) is 6.86. The number of allylic oxidation sites excluding steroid dienone is 2. The van der Waals surface area contributed by atoms with Gasteiger partial charge in [-0.15, -0.1) is 0 Å². The molecule has 0 radical (unpaired) electrons. The van der Waals surface area contributed by atoms with Crippen molar-refractivity contribution in [3.63, 3.8) is 0 Å². The molecule has 0 heterocycles. The first kappa shape index (κ1) is 22.4. The lowest BCUT2D eigenvalue weighted by Crippen LogP contribution is -2.46. The van der Waals surface area contributed by atoms with Crippen LogP contribution in [-0.2, 0) is 20.8 Å². The monoisotopic (exact) mass is 435 g/mol. The third-order valence-corrected chi connectivity index (χ3v) is 9.27. The van der Waals surface area contributed by atoms with Crippen LogP contribution in [0.2, 0.25) is 0 Å². The van der Waals surface area contributed by atoms with Gasteiger partial charge in [0.15, 0.2) is 0 Å². The van der Waals surface area contributed by atoms with E-state index in [1.54, 1.807) is 12.1 Å². The number of rotatable bonds is 6. The second-order valence-corrected chi connectivity index (χ2v) is 13.2. The predicted octanol–water partition coefficient (Wildman–Crippen LogP) is 4.84. The molecule has 1 saturated carbocycles. The first-order chi connectivity index (χ1) is 13.6. The maximum absolute atomic E-state index is 13.2. The fourth-order valence-electron chi connectivity index (χ4n) is 4.23. The minimum Gasteiger partial charge on any atom is -0.254 e. The maximum atomic E-state index is 13.2. The maximum Gasteiger partial charge on any atom is 0.240 e. The average molecular weight is 436 g/mol. The van der Waals surface area contributed by atoms with Crippen LogP contribution in [0.5, 0.6) is 0 Å². The van der Waals surface area contributed by atoms with Gasteiger partial charge in [-0.2, -0.15) is 0 Å². The van der Waals surface area contributed by atoms with Gasteiger partial charge in [-0.05, 0) is 64.7 Å². The Morgan fingerprint density at radius 3 is 2.28 bits per heavy atom. The molecule has 6 heteroatoms. The van der Waals surface area contributed by atoms with Crippen molar-refractivity contribution in [2.24, 2.45) is 11.8 Å². The van der Waals surface area contributed by atoms with Crippen molar-refractivity contribution in [2.45, 2.75) is 75.5 Å². The van der Waals surface area contributed by atoms with Crippen molar-refractivity contribution in [2.75, 3.05) is 0 Å². The molecule has 3 atom stereocenters. The van der Waals surface area contributed by atoms with E-state index in [0.717, 1.165) is 36.2 Å². The molecule has 0 aliphatic heterocycles. The van der Waals surface area contributed by atoms with Gasteiger partial charge < -0.3 is 0 Å². The van der Waals surface area contributed by atoms with Crippen molar-refractivity contribution in [3.05, 3.63) is 53.0 Å². The van der Waals surface area contributed by atoms with Crippen molar-refractivity contribution in [3.8, 4) is 0 Å². The van der Waals surface area contributed by atoms with E-state index in [9.17, 15) is 12.6 Å². The van der Waals surface area contributed by atoms with Gasteiger partial charge in [0.25, 0.3) is 0 Å². The minimum atomic E-state index is -3.66. The summed E-state index contributed by atoms with van der Waals surface area (Å²) in [5.41, 5.74) is 1.03. The average Bonchev–Trinajstić information content (AvgIpc) is 3.15. The van der Waals surface area contributed by atoms with Crippen LogP contribution in [-0.4, -0.2) is 23.4 Å². The van der Waals surface area contributed by atoms with E-state index in [-0.39, 0.29) is 27.5 Å². The zero-order valence-electron chi connectivity index (χ0n) is 17.9. The smallest absolute Gasteiger partial charge is 0.240 e. The standard InChI is InChI=1S/C23H33NO3S2/c1-17-13-15-19(16-14-17)29(26,27)24-22(18-9-6-5-7-10-18)20-11-8-12-21(20)28(25)23(2,3)4/h8,11-16,18,20,22,24H,5-7,9-10H2,1-4H3/t20?,22-,28?/m0/s1. The summed E-state index contributed by atoms with van der Waals surface area (Å²) in [7, 11) is -4.84. The molecule has 0 spiro atoms. The predicted molar refractivity (Wildman–Crippen MR) is 120 cm³/mol. The van der Waals surface area contributed by atoms with Gasteiger partial charge in [-0.3, -0.25) is 4.21 Å². The molecular formula is C23H33NO3S2. The molecule has 2 unspecified atom stereocenters. The van der Waals surface area contributed by atoms with E-state index in [4.69, 9.17) is 0 Å². The van der Waals surface area contributed by atoms with Crippen molar-refractivity contribution in [1.82, 2.24) is 4.72 Å². The summed E-state index contributed by atoms with van der Waals surface area (Å²) in [5, 5.41) is 0. The van der Waals surface area contributed by atoms with Crippen LogP contribution >= 0.6 is 0 Å². The summed E-state index contributed by atoms with van der Waals surface area (Å²) in [6.45, 7) is 7.83.